The van der Waals surface area contributed by atoms with E-state index >= 15 is 0 Å². The highest BCUT2D eigenvalue weighted by atomic mass is 35.5. The molecule has 1 amide bonds. The van der Waals surface area contributed by atoms with Crippen LogP contribution in [0, 0.1) is 5.92 Å². The zero-order chi connectivity index (χ0) is 19.1. The molecule has 146 valence electrons. The van der Waals surface area contributed by atoms with Crippen LogP contribution < -0.4 is 10.6 Å². The van der Waals surface area contributed by atoms with E-state index in [1.54, 1.807) is 0 Å². The second-order valence-corrected chi connectivity index (χ2v) is 7.91. The second-order valence-electron chi connectivity index (χ2n) is 7.51. The Kier molecular flexibility index (Phi) is 7.48. The van der Waals surface area contributed by atoms with E-state index in [-0.39, 0.29) is 5.91 Å². The molecule has 1 heterocycles. The molecule has 0 aliphatic heterocycles. The van der Waals surface area contributed by atoms with Crippen molar-refractivity contribution in [2.24, 2.45) is 5.92 Å². The number of carbonyl (C=O) groups excluding carboxylic acids is 1. The predicted octanol–water partition coefficient (Wildman–Crippen LogP) is 5.34. The van der Waals surface area contributed by atoms with E-state index in [9.17, 15) is 4.79 Å². The first kappa shape index (κ1) is 20.1. The Bertz CT molecular complexity index is 771. The third-order valence-corrected chi connectivity index (χ3v) is 5.69. The Morgan fingerprint density at radius 3 is 2.78 bits per heavy atom. The first-order valence-electron chi connectivity index (χ1n) is 10.3. The molecule has 1 aliphatic rings. The van der Waals surface area contributed by atoms with Crippen molar-refractivity contribution < 1.29 is 4.79 Å². The molecule has 4 nitrogen and oxygen atoms in total. The Labute approximate surface area is 167 Å². The number of fused-ring (bicyclic) bond motifs is 1. The minimum Gasteiger partial charge on any atom is -0.324 e. The van der Waals surface area contributed by atoms with E-state index in [0.717, 1.165) is 55.4 Å². The summed E-state index contributed by atoms with van der Waals surface area (Å²) in [6.07, 6.45) is 8.70. The van der Waals surface area contributed by atoms with Gasteiger partial charge in [-0.1, -0.05) is 37.8 Å². The molecule has 0 atom stereocenters. The molecule has 1 aliphatic carbocycles. The molecule has 0 radical (unpaired) electrons. The quantitative estimate of drug-likeness (QED) is 0.601. The van der Waals surface area contributed by atoms with Gasteiger partial charge in [0.2, 0.25) is 5.91 Å². The fourth-order valence-corrected chi connectivity index (χ4v) is 4.11. The normalized spacial score (nSPS) is 15.2. The lowest BCUT2D eigenvalue weighted by Crippen LogP contribution is -2.18. The van der Waals surface area contributed by atoms with Gasteiger partial charge in [0.1, 0.15) is 0 Å². The number of amides is 1. The minimum absolute atomic E-state index is 0.0611. The molecule has 5 heteroatoms. The lowest BCUT2D eigenvalue weighted by atomic mass is 9.87. The maximum atomic E-state index is 12.5. The van der Waals surface area contributed by atoms with Crippen LogP contribution in [0.2, 0.25) is 5.02 Å². The lowest BCUT2D eigenvalue weighted by Gasteiger charge is -2.21. The average molecular weight is 388 g/mol. The number of pyridine rings is 1. The average Bonchev–Trinajstić information content (AvgIpc) is 2.68. The van der Waals surface area contributed by atoms with Crippen molar-refractivity contribution in [3.05, 3.63) is 35.0 Å². The van der Waals surface area contributed by atoms with E-state index in [1.807, 2.05) is 24.3 Å². The Morgan fingerprint density at radius 2 is 2.00 bits per heavy atom. The number of nitrogens with one attached hydrogen (secondary N) is 2. The summed E-state index contributed by atoms with van der Waals surface area (Å²) in [4.78, 5) is 17.3. The molecule has 27 heavy (non-hydrogen) atoms. The molecule has 1 aromatic heterocycles. The topological polar surface area (TPSA) is 54.0 Å². The predicted molar refractivity (Wildman–Crippen MR) is 113 cm³/mol. The maximum absolute atomic E-state index is 12.5. The van der Waals surface area contributed by atoms with Gasteiger partial charge in [-0.05, 0) is 69.0 Å². The minimum atomic E-state index is 0.0611. The first-order chi connectivity index (χ1) is 13.2. The number of hydrogen-bond donors (Lipinski definition) is 2. The summed E-state index contributed by atoms with van der Waals surface area (Å²) in [5.74, 6) is 0.569. The van der Waals surface area contributed by atoms with Gasteiger partial charge in [0.15, 0.2) is 0 Å². The van der Waals surface area contributed by atoms with Crippen molar-refractivity contribution in [3.8, 4) is 0 Å². The lowest BCUT2D eigenvalue weighted by molar-refractivity contribution is -0.117. The molecule has 1 fully saturated rings. The van der Waals surface area contributed by atoms with Gasteiger partial charge in [-0.25, -0.2) is 0 Å². The third kappa shape index (κ3) is 5.66. The van der Waals surface area contributed by atoms with E-state index in [0.29, 0.717) is 23.0 Å². The molecule has 0 saturated heterocycles. The standard InChI is InChI=1S/C22H30ClN3O/c1-2-24-14-6-9-17-10-11-18-20(25-17)13-12-19(23)22(18)26-21(27)15-16-7-4-3-5-8-16/h10-13,16,24H,2-9,14-15H2,1H3,(H,26,27). The molecule has 2 N–H and O–H groups in total. The number of aromatic nitrogens is 1. The van der Waals surface area contributed by atoms with Crippen molar-refractivity contribution in [3.63, 3.8) is 0 Å². The Hall–Kier alpha value is -1.65. The zero-order valence-corrected chi connectivity index (χ0v) is 16.9. The van der Waals surface area contributed by atoms with Crippen LogP contribution >= 0.6 is 11.6 Å². The summed E-state index contributed by atoms with van der Waals surface area (Å²) in [5, 5.41) is 7.88. The summed E-state index contributed by atoms with van der Waals surface area (Å²) in [6.45, 7) is 4.11. The molecule has 1 saturated carbocycles. The van der Waals surface area contributed by atoms with Crippen LogP contribution in [0.15, 0.2) is 24.3 Å². The number of anilines is 1. The first-order valence-corrected chi connectivity index (χ1v) is 10.6. The van der Waals surface area contributed by atoms with Crippen molar-refractivity contribution in [1.82, 2.24) is 10.3 Å². The summed E-state index contributed by atoms with van der Waals surface area (Å²) in [6, 6.07) is 7.84. The fourth-order valence-electron chi connectivity index (χ4n) is 3.90. The fraction of sp³-hybridized carbons (Fsp3) is 0.545. The van der Waals surface area contributed by atoms with Crippen molar-refractivity contribution in [2.75, 3.05) is 18.4 Å². The van der Waals surface area contributed by atoms with Gasteiger partial charge < -0.3 is 10.6 Å². The second kappa shape index (κ2) is 10.0. The molecule has 0 unspecified atom stereocenters. The molecule has 3 rings (SSSR count). The molecule has 0 spiro atoms. The maximum Gasteiger partial charge on any atom is 0.224 e. The van der Waals surface area contributed by atoms with E-state index < -0.39 is 0 Å². The van der Waals surface area contributed by atoms with Crippen LogP contribution in [0.25, 0.3) is 10.9 Å². The summed E-state index contributed by atoms with van der Waals surface area (Å²) >= 11 is 6.40. The van der Waals surface area contributed by atoms with Crippen molar-refractivity contribution in [2.45, 2.75) is 58.3 Å². The molecular weight excluding hydrogens is 358 g/mol. The SMILES string of the molecule is CCNCCCc1ccc2c(NC(=O)CC3CCCCC3)c(Cl)ccc2n1. The van der Waals surface area contributed by atoms with Gasteiger partial charge in [-0.15, -0.1) is 0 Å². The number of carbonyl (C=O) groups is 1. The molecule has 2 aromatic rings. The Balaban J connectivity index is 1.70. The van der Waals surface area contributed by atoms with E-state index in [1.165, 1.54) is 19.3 Å². The monoisotopic (exact) mass is 387 g/mol. The highest BCUT2D eigenvalue weighted by Gasteiger charge is 2.18. The zero-order valence-electron chi connectivity index (χ0n) is 16.2. The van der Waals surface area contributed by atoms with E-state index in [2.05, 4.69) is 17.6 Å². The van der Waals surface area contributed by atoms with Gasteiger partial charge in [0.05, 0.1) is 16.2 Å². The number of hydrogen-bond acceptors (Lipinski definition) is 3. The smallest absolute Gasteiger partial charge is 0.224 e. The third-order valence-electron chi connectivity index (χ3n) is 5.38. The van der Waals surface area contributed by atoms with Gasteiger partial charge in [0, 0.05) is 17.5 Å². The van der Waals surface area contributed by atoms with Gasteiger partial charge in [0.25, 0.3) is 0 Å². The van der Waals surface area contributed by atoms with Gasteiger partial charge >= 0.3 is 0 Å². The molecule has 0 bridgehead atoms. The molecular formula is C22H30ClN3O. The van der Waals surface area contributed by atoms with E-state index in [4.69, 9.17) is 16.6 Å². The summed E-state index contributed by atoms with van der Waals surface area (Å²) in [7, 11) is 0. The number of rotatable bonds is 8. The van der Waals surface area contributed by atoms with Crippen molar-refractivity contribution in [1.29, 1.82) is 0 Å². The van der Waals surface area contributed by atoms with Crippen LogP contribution in [0.4, 0.5) is 5.69 Å². The Morgan fingerprint density at radius 1 is 1.19 bits per heavy atom. The summed E-state index contributed by atoms with van der Waals surface area (Å²) in [5.41, 5.74) is 2.65. The highest BCUT2D eigenvalue weighted by Crippen LogP contribution is 2.32. The number of benzene rings is 1. The molecule has 1 aromatic carbocycles. The number of nitrogens with zero attached hydrogens (tertiary/aromatic N) is 1. The van der Waals surface area contributed by atoms with Gasteiger partial charge in [-0.2, -0.15) is 0 Å². The van der Waals surface area contributed by atoms with Gasteiger partial charge in [-0.3, -0.25) is 9.78 Å². The summed E-state index contributed by atoms with van der Waals surface area (Å²) < 4.78 is 0. The van der Waals surface area contributed by atoms with Crippen LogP contribution in [0.5, 0.6) is 0 Å². The van der Waals surface area contributed by atoms with Crippen molar-refractivity contribution >= 4 is 34.1 Å². The van der Waals surface area contributed by atoms with Crippen LogP contribution in [0.1, 0.15) is 57.6 Å². The van der Waals surface area contributed by atoms with Crippen LogP contribution in [0.3, 0.4) is 0 Å². The number of aryl methyl sites for hydroxylation is 1. The number of halogens is 1. The largest absolute Gasteiger partial charge is 0.324 e. The van der Waals surface area contributed by atoms with Crippen LogP contribution in [-0.4, -0.2) is 24.0 Å². The van der Waals surface area contributed by atoms with Crippen LogP contribution in [-0.2, 0) is 11.2 Å². The highest BCUT2D eigenvalue weighted by molar-refractivity contribution is 6.35.